The Bertz CT molecular complexity index is 1140. The molecule has 0 spiro atoms. The molecule has 0 saturated heterocycles. The van der Waals surface area contributed by atoms with Crippen LogP contribution in [-0.2, 0) is 16.5 Å². The van der Waals surface area contributed by atoms with Crippen LogP contribution in [0.25, 0.3) is 16.5 Å². The molecule has 2 aromatic carbocycles. The summed E-state index contributed by atoms with van der Waals surface area (Å²) in [6, 6.07) is 12.7. The van der Waals surface area contributed by atoms with E-state index in [1.807, 2.05) is 19.1 Å². The number of hydrogen-bond acceptors (Lipinski definition) is 4. The maximum atomic E-state index is 12.9. The van der Waals surface area contributed by atoms with Crippen LogP contribution in [0.1, 0.15) is 30.2 Å². The fourth-order valence-corrected chi connectivity index (χ4v) is 4.42. The number of aromatic amines is 1. The number of aryl methyl sites for hydroxylation is 2. The molecule has 1 aliphatic rings. The molecule has 1 aromatic heterocycles. The Morgan fingerprint density at radius 1 is 1.11 bits per heavy atom. The van der Waals surface area contributed by atoms with Gasteiger partial charge in [0.05, 0.1) is 11.2 Å². The zero-order chi connectivity index (χ0) is 19.7. The minimum absolute atomic E-state index is 0.155. The molecule has 0 atom stereocenters. The van der Waals surface area contributed by atoms with Crippen molar-refractivity contribution in [3.05, 3.63) is 65.4 Å². The van der Waals surface area contributed by atoms with Crippen LogP contribution in [0, 0.1) is 6.92 Å². The molecule has 0 saturated carbocycles. The van der Waals surface area contributed by atoms with Gasteiger partial charge < -0.3 is 14.5 Å². The van der Waals surface area contributed by atoms with E-state index in [2.05, 4.69) is 29.4 Å². The molecule has 3 aromatic rings. The molecule has 4 rings (SSSR count). The quantitative estimate of drug-likeness (QED) is 0.635. The van der Waals surface area contributed by atoms with E-state index >= 15 is 0 Å². The van der Waals surface area contributed by atoms with Gasteiger partial charge >= 0.3 is 10.1 Å². The molecule has 2 heterocycles. The molecule has 0 unspecified atom stereocenters. The van der Waals surface area contributed by atoms with Crippen molar-refractivity contribution in [3.63, 3.8) is 0 Å². The molecule has 0 fully saturated rings. The zero-order valence-electron chi connectivity index (χ0n) is 16.1. The summed E-state index contributed by atoms with van der Waals surface area (Å²) in [6.07, 6.45) is 3.81. The van der Waals surface area contributed by atoms with Crippen LogP contribution in [0.15, 0.2) is 53.4 Å². The van der Waals surface area contributed by atoms with Crippen molar-refractivity contribution in [1.82, 2.24) is 10.3 Å². The standard InChI is InChI=1S/C22H24N2O3S/c1-3-16-6-9-19-20(14-16)24-21(17-10-12-23-13-11-17)22(19)27-28(25,26)18-7-4-15(2)5-8-18/h4-10,14,23-24H,3,11-13H2,1-2H3. The highest BCUT2D eigenvalue weighted by molar-refractivity contribution is 7.87. The first-order valence-corrected chi connectivity index (χ1v) is 10.9. The highest BCUT2D eigenvalue weighted by atomic mass is 32.2. The number of nitrogens with one attached hydrogen (secondary N) is 2. The lowest BCUT2D eigenvalue weighted by atomic mass is 10.0. The van der Waals surface area contributed by atoms with E-state index in [0.29, 0.717) is 5.75 Å². The molecule has 0 aliphatic carbocycles. The van der Waals surface area contributed by atoms with Crippen molar-refractivity contribution in [2.45, 2.75) is 31.6 Å². The Labute approximate surface area is 165 Å². The lowest BCUT2D eigenvalue weighted by Crippen LogP contribution is -2.20. The van der Waals surface area contributed by atoms with Gasteiger partial charge in [-0.15, -0.1) is 0 Å². The first-order chi connectivity index (χ1) is 13.5. The first-order valence-electron chi connectivity index (χ1n) is 9.54. The smallest absolute Gasteiger partial charge is 0.339 e. The summed E-state index contributed by atoms with van der Waals surface area (Å²) in [5, 5.41) is 4.07. The molecule has 5 nitrogen and oxygen atoms in total. The molecule has 146 valence electrons. The Morgan fingerprint density at radius 2 is 1.89 bits per heavy atom. The lowest BCUT2D eigenvalue weighted by molar-refractivity contribution is 0.487. The summed E-state index contributed by atoms with van der Waals surface area (Å²) in [4.78, 5) is 3.56. The predicted molar refractivity (Wildman–Crippen MR) is 112 cm³/mol. The molecule has 1 aliphatic heterocycles. The molecule has 0 radical (unpaired) electrons. The average Bonchev–Trinajstić information content (AvgIpc) is 3.06. The Hall–Kier alpha value is -2.57. The fourth-order valence-electron chi connectivity index (χ4n) is 3.46. The van der Waals surface area contributed by atoms with Crippen molar-refractivity contribution in [1.29, 1.82) is 0 Å². The SMILES string of the molecule is CCc1ccc2c(OS(=O)(=O)c3ccc(C)cc3)c(C3=CCNCC3)[nH]c2c1. The Balaban J connectivity index is 1.84. The fraction of sp³-hybridized carbons (Fsp3) is 0.273. The Kier molecular flexibility index (Phi) is 5.00. The maximum absolute atomic E-state index is 12.9. The van der Waals surface area contributed by atoms with Crippen molar-refractivity contribution < 1.29 is 12.6 Å². The van der Waals surface area contributed by atoms with Crippen LogP contribution in [-0.4, -0.2) is 26.5 Å². The molecule has 0 amide bonds. The van der Waals surface area contributed by atoms with E-state index in [9.17, 15) is 8.42 Å². The van der Waals surface area contributed by atoms with E-state index in [0.717, 1.165) is 53.7 Å². The highest BCUT2D eigenvalue weighted by Gasteiger charge is 2.24. The molecule has 6 heteroatoms. The number of hydrogen-bond donors (Lipinski definition) is 2. The van der Waals surface area contributed by atoms with E-state index < -0.39 is 10.1 Å². The zero-order valence-corrected chi connectivity index (χ0v) is 16.9. The molecule has 28 heavy (non-hydrogen) atoms. The van der Waals surface area contributed by atoms with Crippen LogP contribution in [0.3, 0.4) is 0 Å². The second kappa shape index (κ2) is 7.45. The summed E-state index contributed by atoms with van der Waals surface area (Å²) < 4.78 is 31.6. The highest BCUT2D eigenvalue weighted by Crippen LogP contribution is 2.38. The van der Waals surface area contributed by atoms with Crippen LogP contribution in [0.5, 0.6) is 5.75 Å². The van der Waals surface area contributed by atoms with E-state index in [-0.39, 0.29) is 4.90 Å². The van der Waals surface area contributed by atoms with Gasteiger partial charge in [0.2, 0.25) is 0 Å². The average molecular weight is 397 g/mol. The Morgan fingerprint density at radius 3 is 2.57 bits per heavy atom. The third kappa shape index (κ3) is 3.57. The van der Waals surface area contributed by atoms with Gasteiger partial charge in [-0.3, -0.25) is 0 Å². The van der Waals surface area contributed by atoms with Crippen LogP contribution < -0.4 is 9.50 Å². The van der Waals surface area contributed by atoms with Gasteiger partial charge in [0.1, 0.15) is 4.90 Å². The third-order valence-electron chi connectivity index (χ3n) is 5.11. The van der Waals surface area contributed by atoms with Crippen LogP contribution in [0.4, 0.5) is 0 Å². The summed E-state index contributed by atoms with van der Waals surface area (Å²) in [5.74, 6) is 0.381. The summed E-state index contributed by atoms with van der Waals surface area (Å²) >= 11 is 0. The second-order valence-corrected chi connectivity index (χ2v) is 8.64. The summed E-state index contributed by atoms with van der Waals surface area (Å²) in [7, 11) is -3.93. The van der Waals surface area contributed by atoms with E-state index in [1.165, 1.54) is 5.56 Å². The monoisotopic (exact) mass is 396 g/mol. The first kappa shape index (κ1) is 18.8. The largest absolute Gasteiger partial charge is 0.376 e. The topological polar surface area (TPSA) is 71.2 Å². The number of rotatable bonds is 5. The predicted octanol–water partition coefficient (Wildman–Crippen LogP) is 4.18. The van der Waals surface area contributed by atoms with Crippen molar-refractivity contribution in [3.8, 4) is 5.75 Å². The lowest BCUT2D eigenvalue weighted by Gasteiger charge is -2.15. The van der Waals surface area contributed by atoms with Crippen LogP contribution in [0.2, 0.25) is 0 Å². The van der Waals surface area contributed by atoms with Gasteiger partial charge in [0.15, 0.2) is 5.75 Å². The van der Waals surface area contributed by atoms with Gasteiger partial charge in [-0.25, -0.2) is 0 Å². The van der Waals surface area contributed by atoms with E-state index in [4.69, 9.17) is 4.18 Å². The van der Waals surface area contributed by atoms with Crippen molar-refractivity contribution in [2.75, 3.05) is 13.1 Å². The molecular weight excluding hydrogens is 372 g/mol. The summed E-state index contributed by atoms with van der Waals surface area (Å²) in [6.45, 7) is 5.63. The van der Waals surface area contributed by atoms with Crippen molar-refractivity contribution in [2.24, 2.45) is 0 Å². The van der Waals surface area contributed by atoms with Gasteiger partial charge in [0.25, 0.3) is 0 Å². The minimum Gasteiger partial charge on any atom is -0.376 e. The van der Waals surface area contributed by atoms with Gasteiger partial charge in [-0.2, -0.15) is 8.42 Å². The van der Waals surface area contributed by atoms with Crippen molar-refractivity contribution >= 4 is 26.6 Å². The van der Waals surface area contributed by atoms with Gasteiger partial charge in [0, 0.05) is 11.9 Å². The molecule has 0 bridgehead atoms. The van der Waals surface area contributed by atoms with Crippen LogP contribution >= 0.6 is 0 Å². The number of H-pyrrole nitrogens is 1. The number of fused-ring (bicyclic) bond motifs is 1. The second-order valence-electron chi connectivity index (χ2n) is 7.10. The minimum atomic E-state index is -3.93. The number of aromatic nitrogens is 1. The normalized spacial score (nSPS) is 14.9. The van der Waals surface area contributed by atoms with Gasteiger partial charge in [-0.05, 0) is 61.7 Å². The summed E-state index contributed by atoms with van der Waals surface area (Å²) in [5.41, 5.74) is 4.90. The van der Waals surface area contributed by atoms with E-state index in [1.54, 1.807) is 24.3 Å². The maximum Gasteiger partial charge on any atom is 0.339 e. The third-order valence-corrected chi connectivity index (χ3v) is 6.35. The molecular formula is C22H24N2O3S. The number of benzene rings is 2. The molecule has 2 N–H and O–H groups in total. The van der Waals surface area contributed by atoms with Gasteiger partial charge in [-0.1, -0.05) is 36.8 Å².